The van der Waals surface area contributed by atoms with E-state index in [1.165, 1.54) is 0 Å². The topological polar surface area (TPSA) is 9.23 Å². The number of halogens is 8. The first kappa shape index (κ1) is 31.2. The molecule has 0 aliphatic carbocycles. The molecule has 0 fully saturated rings. The smallest absolute Gasteiger partial charge is 0.429 e. The third-order valence-corrected chi connectivity index (χ3v) is 6.23. The molecule has 0 atom stereocenters. The first-order chi connectivity index (χ1) is 20.5. The second kappa shape index (κ2) is 13.5. The zero-order valence-corrected chi connectivity index (χ0v) is 22.6. The Kier molecular flexibility index (Phi) is 9.77. The summed E-state index contributed by atoms with van der Waals surface area (Å²) in [6.07, 6.45) is -0.0515. The molecule has 0 unspecified atom stereocenters. The lowest BCUT2D eigenvalue weighted by Gasteiger charge is -2.19. The highest BCUT2D eigenvalue weighted by Gasteiger charge is 2.38. The molecule has 0 amide bonds. The summed E-state index contributed by atoms with van der Waals surface area (Å²) in [7, 11) is 0. The zero-order valence-electron chi connectivity index (χ0n) is 22.6. The summed E-state index contributed by atoms with van der Waals surface area (Å²) >= 11 is 0. The molecule has 0 saturated heterocycles. The van der Waals surface area contributed by atoms with Crippen LogP contribution in [0.2, 0.25) is 0 Å². The highest BCUT2D eigenvalue weighted by Crippen LogP contribution is 2.34. The van der Waals surface area contributed by atoms with E-state index in [2.05, 4.69) is 29.4 Å². The van der Waals surface area contributed by atoms with Gasteiger partial charge in [-0.25, -0.2) is 26.3 Å². The molecule has 4 aromatic carbocycles. The molecule has 4 aromatic rings. The molecule has 0 N–H and O–H groups in total. The van der Waals surface area contributed by atoms with Gasteiger partial charge in [0.1, 0.15) is 28.8 Å². The number of alkyl halides is 2. The van der Waals surface area contributed by atoms with E-state index in [1.807, 2.05) is 30.2 Å². The predicted molar refractivity (Wildman–Crippen MR) is 145 cm³/mol. The minimum Gasteiger partial charge on any atom is -0.429 e. The molecule has 0 aliphatic heterocycles. The van der Waals surface area contributed by atoms with Crippen LogP contribution in [0.1, 0.15) is 59.6 Å². The monoisotopic (exact) mass is 598 g/mol. The van der Waals surface area contributed by atoms with Crippen molar-refractivity contribution >= 4 is 0 Å². The van der Waals surface area contributed by atoms with Crippen molar-refractivity contribution in [1.82, 2.24) is 0 Å². The van der Waals surface area contributed by atoms with Crippen molar-refractivity contribution in [3.05, 3.63) is 135 Å². The van der Waals surface area contributed by atoms with Gasteiger partial charge in [0.15, 0.2) is 17.5 Å². The molecular weight excluding hydrogens is 576 g/mol. The molecule has 0 radical (unpaired) electrons. The number of hydrogen-bond acceptors (Lipinski definition) is 1. The highest BCUT2D eigenvalue weighted by molar-refractivity contribution is 5.47. The van der Waals surface area contributed by atoms with E-state index in [0.717, 1.165) is 49.4 Å². The molecule has 0 spiro atoms. The van der Waals surface area contributed by atoms with E-state index < -0.39 is 63.5 Å². The number of ether oxygens (including phenoxy) is 1. The maximum Gasteiger partial charge on any atom is 0.429 e. The molecule has 0 heterocycles. The van der Waals surface area contributed by atoms with Gasteiger partial charge in [0, 0.05) is 28.8 Å². The minimum atomic E-state index is -4.33. The van der Waals surface area contributed by atoms with Gasteiger partial charge in [-0.05, 0) is 60.9 Å². The Labute approximate surface area is 243 Å². The zero-order chi connectivity index (χ0) is 31.1. The Morgan fingerprint density at radius 2 is 1.16 bits per heavy atom. The highest BCUT2D eigenvalue weighted by atomic mass is 19.3. The van der Waals surface area contributed by atoms with Crippen LogP contribution in [-0.4, -0.2) is 0 Å². The lowest BCUT2D eigenvalue weighted by molar-refractivity contribution is -0.187. The van der Waals surface area contributed by atoms with Crippen LogP contribution in [-0.2, 0) is 12.5 Å². The van der Waals surface area contributed by atoms with Crippen LogP contribution >= 0.6 is 0 Å². The lowest BCUT2D eigenvalue weighted by atomic mass is 10.1. The second-order valence-corrected chi connectivity index (χ2v) is 9.48. The van der Waals surface area contributed by atoms with Crippen LogP contribution < -0.4 is 4.74 Å². The Morgan fingerprint density at radius 3 is 1.77 bits per heavy atom. The Hall–Kier alpha value is -4.76. The standard InChI is InChI=1S/C34H22F8O/c1-2-3-4-5-21-6-8-22(9-7-21)10-11-23-13-15-27(30(37)16-23)34(41,42)43-25-19-28(35)26(29(36)20-25)14-12-24-17-31(38)33(40)32(39)18-24/h6-9,13,15-20H,2-5H2,1H3. The first-order valence-electron chi connectivity index (χ1n) is 13.1. The van der Waals surface area contributed by atoms with E-state index >= 15 is 0 Å². The Bertz CT molecular complexity index is 1710. The fourth-order valence-electron chi connectivity index (χ4n) is 4.00. The summed E-state index contributed by atoms with van der Waals surface area (Å²) in [4.78, 5) is 0. The average molecular weight is 599 g/mol. The van der Waals surface area contributed by atoms with E-state index in [1.54, 1.807) is 0 Å². The first-order valence-corrected chi connectivity index (χ1v) is 13.1. The van der Waals surface area contributed by atoms with Crippen molar-refractivity contribution in [2.24, 2.45) is 0 Å². The van der Waals surface area contributed by atoms with Crippen molar-refractivity contribution < 1.29 is 39.9 Å². The number of aryl methyl sites for hydroxylation is 1. The summed E-state index contributed by atoms with van der Waals surface area (Å²) in [5.74, 6) is -0.509. The molecule has 0 aliphatic rings. The van der Waals surface area contributed by atoms with E-state index in [-0.39, 0.29) is 5.56 Å². The quantitative estimate of drug-likeness (QED) is 0.0892. The Balaban J connectivity index is 1.48. The number of rotatable bonds is 7. The van der Waals surface area contributed by atoms with Gasteiger partial charge >= 0.3 is 6.11 Å². The van der Waals surface area contributed by atoms with Gasteiger partial charge in [0.05, 0.1) is 5.56 Å². The van der Waals surface area contributed by atoms with Gasteiger partial charge in [-0.3, -0.25) is 0 Å². The molecule has 1 nitrogen and oxygen atoms in total. The van der Waals surface area contributed by atoms with Crippen LogP contribution in [0.3, 0.4) is 0 Å². The number of hydrogen-bond donors (Lipinski definition) is 0. The van der Waals surface area contributed by atoms with Gasteiger partial charge in [-0.2, -0.15) is 8.78 Å². The molecule has 4 rings (SSSR count). The maximum absolute atomic E-state index is 14.8. The van der Waals surface area contributed by atoms with Crippen LogP contribution in [0.15, 0.2) is 66.7 Å². The largest absolute Gasteiger partial charge is 0.429 e. The molecule has 0 aromatic heterocycles. The van der Waals surface area contributed by atoms with Gasteiger partial charge in [0.2, 0.25) is 0 Å². The fraction of sp³-hybridized carbons (Fsp3) is 0.176. The number of benzene rings is 4. The van der Waals surface area contributed by atoms with E-state index in [0.29, 0.717) is 29.8 Å². The molecule has 220 valence electrons. The fourth-order valence-corrected chi connectivity index (χ4v) is 4.00. The molecule has 9 heteroatoms. The van der Waals surface area contributed by atoms with Crippen molar-refractivity contribution in [2.75, 3.05) is 0 Å². The van der Waals surface area contributed by atoms with Crippen LogP contribution in [0.4, 0.5) is 35.1 Å². The van der Waals surface area contributed by atoms with Gasteiger partial charge < -0.3 is 4.74 Å². The Morgan fingerprint density at radius 1 is 0.605 bits per heavy atom. The average Bonchev–Trinajstić information content (AvgIpc) is 2.94. The van der Waals surface area contributed by atoms with Crippen molar-refractivity contribution in [1.29, 1.82) is 0 Å². The van der Waals surface area contributed by atoms with E-state index in [9.17, 15) is 35.1 Å². The van der Waals surface area contributed by atoms with Crippen molar-refractivity contribution in [3.8, 4) is 29.4 Å². The summed E-state index contributed by atoms with van der Waals surface area (Å²) in [5.41, 5.74) is -0.615. The molecule has 43 heavy (non-hydrogen) atoms. The third-order valence-electron chi connectivity index (χ3n) is 6.23. The summed E-state index contributed by atoms with van der Waals surface area (Å²) in [5, 5.41) is 0. The third kappa shape index (κ3) is 7.96. The maximum atomic E-state index is 14.8. The van der Waals surface area contributed by atoms with E-state index in [4.69, 9.17) is 0 Å². The van der Waals surface area contributed by atoms with Crippen LogP contribution in [0, 0.1) is 58.6 Å². The molecule has 0 saturated carbocycles. The van der Waals surface area contributed by atoms with Crippen molar-refractivity contribution in [2.45, 2.75) is 38.7 Å². The molecule has 0 bridgehead atoms. The molecular formula is C34H22F8O. The second-order valence-electron chi connectivity index (χ2n) is 9.48. The van der Waals surface area contributed by atoms with Crippen molar-refractivity contribution in [3.63, 3.8) is 0 Å². The van der Waals surface area contributed by atoms with Gasteiger partial charge in [0.25, 0.3) is 0 Å². The van der Waals surface area contributed by atoms with Crippen LogP contribution in [0.25, 0.3) is 0 Å². The van der Waals surface area contributed by atoms with Gasteiger partial charge in [-0.15, -0.1) is 0 Å². The predicted octanol–water partition coefficient (Wildman–Crippen LogP) is 9.18. The summed E-state index contributed by atoms with van der Waals surface area (Å²) in [6.45, 7) is 2.12. The minimum absolute atomic E-state index is 0.116. The normalized spacial score (nSPS) is 10.9. The van der Waals surface area contributed by atoms with Gasteiger partial charge in [-0.1, -0.05) is 55.6 Å². The van der Waals surface area contributed by atoms with Crippen LogP contribution in [0.5, 0.6) is 5.75 Å². The lowest BCUT2D eigenvalue weighted by Crippen LogP contribution is -2.23. The summed E-state index contributed by atoms with van der Waals surface area (Å²) in [6, 6.07) is 12.0. The summed E-state index contributed by atoms with van der Waals surface area (Å²) < 4.78 is 117. The number of unbranched alkanes of at least 4 members (excludes halogenated alkanes) is 2. The SMILES string of the molecule is CCCCCc1ccc(C#Cc2ccc(C(F)(F)Oc3cc(F)c(C#Cc4cc(F)c(F)c(F)c4)c(F)c3)c(F)c2)cc1.